The molecule has 4 rings (SSSR count). The van der Waals surface area contributed by atoms with Crippen molar-refractivity contribution < 1.29 is 22.7 Å². The third-order valence-corrected chi connectivity index (χ3v) is 6.19. The van der Waals surface area contributed by atoms with Crippen molar-refractivity contribution in [3.8, 4) is 11.5 Å². The van der Waals surface area contributed by atoms with E-state index in [0.717, 1.165) is 34.8 Å². The fraction of sp³-hybridized carbons (Fsp3) is 0.120. The first-order valence-electron chi connectivity index (χ1n) is 10.2. The SMILES string of the molecule is O=C(Cc1ccc(Oc2ccc(C(F)(F)F)cc2)cc1)Nc1snc(Cc2ccccc2)c1Cl. The van der Waals surface area contributed by atoms with E-state index in [2.05, 4.69) is 9.69 Å². The molecule has 0 spiro atoms. The van der Waals surface area contributed by atoms with Crippen molar-refractivity contribution in [1.82, 2.24) is 4.37 Å². The number of halogens is 4. The minimum absolute atomic E-state index is 0.114. The molecule has 9 heteroatoms. The van der Waals surface area contributed by atoms with E-state index in [0.29, 0.717) is 27.9 Å². The minimum atomic E-state index is -4.40. The third-order valence-electron chi connectivity index (χ3n) is 4.87. The number of amides is 1. The van der Waals surface area contributed by atoms with E-state index in [1.165, 1.54) is 12.1 Å². The molecule has 0 fully saturated rings. The van der Waals surface area contributed by atoms with Crippen LogP contribution in [0.5, 0.6) is 11.5 Å². The van der Waals surface area contributed by atoms with Crippen molar-refractivity contribution >= 4 is 34.0 Å². The molecule has 34 heavy (non-hydrogen) atoms. The van der Waals surface area contributed by atoms with Gasteiger partial charge in [0.2, 0.25) is 5.91 Å². The van der Waals surface area contributed by atoms with Crippen molar-refractivity contribution in [3.63, 3.8) is 0 Å². The predicted molar refractivity (Wildman–Crippen MR) is 127 cm³/mol. The molecule has 0 saturated carbocycles. The summed E-state index contributed by atoms with van der Waals surface area (Å²) in [5, 5.41) is 3.73. The second-order valence-electron chi connectivity index (χ2n) is 7.43. The molecule has 174 valence electrons. The summed E-state index contributed by atoms with van der Waals surface area (Å²) in [5.41, 5.74) is 1.78. The highest BCUT2D eigenvalue weighted by atomic mass is 35.5. The molecule has 1 heterocycles. The Balaban J connectivity index is 1.32. The average molecular weight is 503 g/mol. The van der Waals surface area contributed by atoms with Crippen LogP contribution >= 0.6 is 23.1 Å². The highest BCUT2D eigenvalue weighted by molar-refractivity contribution is 7.11. The van der Waals surface area contributed by atoms with Gasteiger partial charge < -0.3 is 10.1 Å². The zero-order valence-corrected chi connectivity index (χ0v) is 19.2. The molecule has 0 aliphatic rings. The Hall–Kier alpha value is -3.36. The summed E-state index contributed by atoms with van der Waals surface area (Å²) in [7, 11) is 0. The van der Waals surface area contributed by atoms with Gasteiger partial charge in [0, 0.05) is 6.42 Å². The topological polar surface area (TPSA) is 51.2 Å². The monoisotopic (exact) mass is 502 g/mol. The number of anilines is 1. The molecule has 1 aromatic heterocycles. The van der Waals surface area contributed by atoms with E-state index in [4.69, 9.17) is 16.3 Å². The predicted octanol–water partition coefficient (Wildman–Crippen LogP) is 7.38. The number of ether oxygens (including phenoxy) is 1. The number of benzene rings is 3. The maximum absolute atomic E-state index is 12.7. The summed E-state index contributed by atoms with van der Waals surface area (Å²) in [4.78, 5) is 12.5. The zero-order chi connectivity index (χ0) is 24.1. The van der Waals surface area contributed by atoms with E-state index in [1.807, 2.05) is 30.3 Å². The minimum Gasteiger partial charge on any atom is -0.457 e. The number of hydrogen-bond donors (Lipinski definition) is 1. The standard InChI is InChI=1S/C25H18ClF3N2O2S/c26-23-21(14-16-4-2-1-3-5-16)31-34-24(23)30-22(32)15-17-6-10-19(11-7-17)33-20-12-8-18(9-13-20)25(27,28)29/h1-13H,14-15H2,(H,30,32). The summed E-state index contributed by atoms with van der Waals surface area (Å²) in [6.07, 6.45) is -3.71. The molecule has 0 saturated heterocycles. The fourth-order valence-electron chi connectivity index (χ4n) is 3.17. The van der Waals surface area contributed by atoms with Gasteiger partial charge in [-0.15, -0.1) is 0 Å². The van der Waals surface area contributed by atoms with Crippen molar-refractivity contribution in [1.29, 1.82) is 0 Å². The zero-order valence-electron chi connectivity index (χ0n) is 17.6. The Bertz CT molecular complexity index is 1260. The van der Waals surface area contributed by atoms with E-state index >= 15 is 0 Å². The highest BCUT2D eigenvalue weighted by Crippen LogP contribution is 2.33. The Kier molecular flexibility index (Phi) is 7.19. The first kappa shape index (κ1) is 23.8. The molecule has 0 radical (unpaired) electrons. The average Bonchev–Trinajstić information content (AvgIpc) is 3.14. The number of aromatic nitrogens is 1. The number of nitrogens with zero attached hydrogens (tertiary/aromatic N) is 1. The molecule has 4 nitrogen and oxygen atoms in total. The van der Waals surface area contributed by atoms with Crippen LogP contribution in [0.3, 0.4) is 0 Å². The van der Waals surface area contributed by atoms with Gasteiger partial charge in [0.05, 0.1) is 22.7 Å². The van der Waals surface area contributed by atoms with Crippen LogP contribution in [0.25, 0.3) is 0 Å². The number of carbonyl (C=O) groups excluding carboxylic acids is 1. The maximum atomic E-state index is 12.7. The summed E-state index contributed by atoms with van der Waals surface area (Å²) in [6, 6.07) is 21.0. The van der Waals surface area contributed by atoms with Gasteiger partial charge in [-0.1, -0.05) is 54.1 Å². The van der Waals surface area contributed by atoms with Gasteiger partial charge in [-0.05, 0) is 59.1 Å². The lowest BCUT2D eigenvalue weighted by Crippen LogP contribution is -2.13. The van der Waals surface area contributed by atoms with Gasteiger partial charge in [0.25, 0.3) is 0 Å². The molecular weight excluding hydrogens is 485 g/mol. The fourth-order valence-corrected chi connectivity index (χ4v) is 4.19. The Labute approximate surface area is 203 Å². The molecule has 0 aliphatic carbocycles. The summed E-state index contributed by atoms with van der Waals surface area (Å²) in [6.45, 7) is 0. The lowest BCUT2D eigenvalue weighted by atomic mass is 10.1. The van der Waals surface area contributed by atoms with Crippen LogP contribution in [0, 0.1) is 0 Å². The van der Waals surface area contributed by atoms with Crippen LogP contribution in [0.2, 0.25) is 5.02 Å². The maximum Gasteiger partial charge on any atom is 0.416 e. The molecule has 0 bridgehead atoms. The molecule has 1 amide bonds. The van der Waals surface area contributed by atoms with Crippen LogP contribution in [0.15, 0.2) is 78.9 Å². The number of carbonyl (C=O) groups is 1. The van der Waals surface area contributed by atoms with E-state index < -0.39 is 11.7 Å². The normalized spacial score (nSPS) is 11.3. The Morgan fingerprint density at radius 1 is 0.912 bits per heavy atom. The molecular formula is C25H18ClF3N2O2S. The summed E-state index contributed by atoms with van der Waals surface area (Å²) in [5.74, 6) is 0.484. The largest absolute Gasteiger partial charge is 0.457 e. The Morgan fingerprint density at radius 3 is 2.15 bits per heavy atom. The lowest BCUT2D eigenvalue weighted by molar-refractivity contribution is -0.137. The lowest BCUT2D eigenvalue weighted by Gasteiger charge is -2.09. The van der Waals surface area contributed by atoms with E-state index in [-0.39, 0.29) is 18.1 Å². The van der Waals surface area contributed by atoms with Gasteiger partial charge in [-0.25, -0.2) is 0 Å². The van der Waals surface area contributed by atoms with Crippen LogP contribution in [0.1, 0.15) is 22.4 Å². The summed E-state index contributed by atoms with van der Waals surface area (Å²) < 4.78 is 47.9. The molecule has 0 unspecified atom stereocenters. The van der Waals surface area contributed by atoms with Gasteiger partial charge in [0.15, 0.2) is 0 Å². The number of alkyl halides is 3. The van der Waals surface area contributed by atoms with Crippen LogP contribution in [0.4, 0.5) is 18.2 Å². The first-order valence-corrected chi connectivity index (χ1v) is 11.3. The van der Waals surface area contributed by atoms with Crippen LogP contribution < -0.4 is 10.1 Å². The molecule has 1 N–H and O–H groups in total. The van der Waals surface area contributed by atoms with Gasteiger partial charge in [-0.2, -0.15) is 17.5 Å². The molecule has 0 atom stereocenters. The van der Waals surface area contributed by atoms with Gasteiger partial charge in [0.1, 0.15) is 16.5 Å². The third kappa shape index (κ3) is 6.15. The van der Waals surface area contributed by atoms with E-state index in [1.54, 1.807) is 24.3 Å². The number of hydrogen-bond acceptors (Lipinski definition) is 4. The van der Waals surface area contributed by atoms with Gasteiger partial charge in [-0.3, -0.25) is 4.79 Å². The van der Waals surface area contributed by atoms with Gasteiger partial charge >= 0.3 is 6.18 Å². The number of rotatable bonds is 7. The van der Waals surface area contributed by atoms with Crippen molar-refractivity contribution in [2.45, 2.75) is 19.0 Å². The van der Waals surface area contributed by atoms with Crippen molar-refractivity contribution in [2.24, 2.45) is 0 Å². The molecule has 0 aliphatic heterocycles. The van der Waals surface area contributed by atoms with Crippen molar-refractivity contribution in [2.75, 3.05) is 5.32 Å². The van der Waals surface area contributed by atoms with Crippen molar-refractivity contribution in [3.05, 3.63) is 106 Å². The van der Waals surface area contributed by atoms with Crippen LogP contribution in [-0.4, -0.2) is 10.3 Å². The first-order chi connectivity index (χ1) is 16.3. The number of nitrogens with one attached hydrogen (secondary N) is 1. The van der Waals surface area contributed by atoms with E-state index in [9.17, 15) is 18.0 Å². The quantitative estimate of drug-likeness (QED) is 0.287. The summed E-state index contributed by atoms with van der Waals surface area (Å²) >= 11 is 7.54. The highest BCUT2D eigenvalue weighted by Gasteiger charge is 2.30. The second-order valence-corrected chi connectivity index (χ2v) is 8.58. The van der Waals surface area contributed by atoms with Crippen LogP contribution in [-0.2, 0) is 23.8 Å². The Morgan fingerprint density at radius 2 is 1.53 bits per heavy atom. The smallest absolute Gasteiger partial charge is 0.416 e. The second kappa shape index (κ2) is 10.3. The molecule has 4 aromatic rings. The molecule has 3 aromatic carbocycles.